The van der Waals surface area contributed by atoms with E-state index in [0.717, 1.165) is 60.1 Å². The SMILES string of the molecule is COc1ccc(C2CCC(C3CCC(O)(c4ccc(OC)cc4C)CC3)CC2)cc1. The quantitative estimate of drug-likeness (QED) is 0.625. The summed E-state index contributed by atoms with van der Waals surface area (Å²) >= 11 is 0. The molecule has 1 N–H and O–H groups in total. The van der Waals surface area contributed by atoms with Crippen LogP contribution in [0.1, 0.15) is 74.0 Å². The smallest absolute Gasteiger partial charge is 0.119 e. The summed E-state index contributed by atoms with van der Waals surface area (Å²) < 4.78 is 10.6. The maximum absolute atomic E-state index is 11.4. The van der Waals surface area contributed by atoms with Gasteiger partial charge in [0, 0.05) is 0 Å². The van der Waals surface area contributed by atoms with Crippen LogP contribution in [0.25, 0.3) is 0 Å². The number of aliphatic hydroxyl groups is 1. The number of methoxy groups -OCH3 is 2. The topological polar surface area (TPSA) is 38.7 Å². The van der Waals surface area contributed by atoms with Crippen molar-refractivity contribution < 1.29 is 14.6 Å². The maximum Gasteiger partial charge on any atom is 0.119 e. The van der Waals surface area contributed by atoms with Crippen molar-refractivity contribution in [3.8, 4) is 11.5 Å². The van der Waals surface area contributed by atoms with Gasteiger partial charge in [0.15, 0.2) is 0 Å². The highest BCUT2D eigenvalue weighted by Crippen LogP contribution is 2.47. The zero-order valence-electron chi connectivity index (χ0n) is 18.7. The molecule has 2 saturated carbocycles. The van der Waals surface area contributed by atoms with Crippen molar-refractivity contribution in [3.05, 3.63) is 59.2 Å². The van der Waals surface area contributed by atoms with E-state index >= 15 is 0 Å². The van der Waals surface area contributed by atoms with Crippen LogP contribution in [0, 0.1) is 18.8 Å². The molecule has 0 aromatic heterocycles. The first-order valence-electron chi connectivity index (χ1n) is 11.5. The summed E-state index contributed by atoms with van der Waals surface area (Å²) in [5.74, 6) is 4.08. The first-order valence-corrected chi connectivity index (χ1v) is 11.5. The van der Waals surface area contributed by atoms with Gasteiger partial charge in [-0.1, -0.05) is 18.2 Å². The number of rotatable bonds is 5. The molecule has 0 heterocycles. The summed E-state index contributed by atoms with van der Waals surface area (Å²) in [6.45, 7) is 2.09. The zero-order chi connectivity index (χ0) is 21.1. The first kappa shape index (κ1) is 21.2. The average Bonchev–Trinajstić information content (AvgIpc) is 2.79. The van der Waals surface area contributed by atoms with Gasteiger partial charge < -0.3 is 14.6 Å². The standard InChI is InChI=1S/C27H36O3/c1-19-18-25(30-3)12-13-26(19)27(28)16-14-23(15-17-27)21-6-4-20(5-7-21)22-8-10-24(29-2)11-9-22/h8-13,18,20-21,23,28H,4-7,14-17H2,1-3H3. The van der Waals surface area contributed by atoms with Crippen LogP contribution in [-0.2, 0) is 5.60 Å². The molecular weight excluding hydrogens is 372 g/mol. The van der Waals surface area contributed by atoms with Crippen LogP contribution in [-0.4, -0.2) is 19.3 Å². The second-order valence-electron chi connectivity index (χ2n) is 9.43. The molecule has 4 rings (SSSR count). The van der Waals surface area contributed by atoms with Gasteiger partial charge in [-0.05, 0) is 117 Å². The van der Waals surface area contributed by atoms with E-state index in [9.17, 15) is 5.11 Å². The highest BCUT2D eigenvalue weighted by atomic mass is 16.5. The third-order valence-electron chi connectivity index (χ3n) is 7.82. The van der Waals surface area contributed by atoms with Crippen LogP contribution in [0.5, 0.6) is 11.5 Å². The summed E-state index contributed by atoms with van der Waals surface area (Å²) in [5, 5.41) is 11.4. The van der Waals surface area contributed by atoms with Crippen LogP contribution < -0.4 is 9.47 Å². The predicted octanol–water partition coefficient (Wildman–Crippen LogP) is 6.36. The molecule has 2 aromatic carbocycles. The molecule has 2 aliphatic carbocycles. The van der Waals surface area contributed by atoms with Gasteiger partial charge in [-0.15, -0.1) is 0 Å². The van der Waals surface area contributed by atoms with Gasteiger partial charge >= 0.3 is 0 Å². The molecule has 0 aliphatic heterocycles. The maximum atomic E-state index is 11.4. The lowest BCUT2D eigenvalue weighted by molar-refractivity contribution is -0.0257. The number of hydrogen-bond acceptors (Lipinski definition) is 3. The number of hydrogen-bond donors (Lipinski definition) is 1. The predicted molar refractivity (Wildman–Crippen MR) is 121 cm³/mol. The molecule has 0 amide bonds. The van der Waals surface area contributed by atoms with Crippen molar-refractivity contribution in [3.63, 3.8) is 0 Å². The molecule has 162 valence electrons. The van der Waals surface area contributed by atoms with Gasteiger partial charge in [-0.2, -0.15) is 0 Å². The Kier molecular flexibility index (Phi) is 6.38. The molecule has 0 spiro atoms. The van der Waals surface area contributed by atoms with E-state index in [2.05, 4.69) is 37.3 Å². The lowest BCUT2D eigenvalue weighted by Crippen LogP contribution is -2.35. The lowest BCUT2D eigenvalue weighted by atomic mass is 9.66. The van der Waals surface area contributed by atoms with Crippen LogP contribution in [0.3, 0.4) is 0 Å². The molecule has 0 atom stereocenters. The van der Waals surface area contributed by atoms with Gasteiger partial charge in [0.25, 0.3) is 0 Å². The molecule has 30 heavy (non-hydrogen) atoms. The van der Waals surface area contributed by atoms with Crippen molar-refractivity contribution in [1.29, 1.82) is 0 Å². The molecule has 2 fully saturated rings. The van der Waals surface area contributed by atoms with Crippen LogP contribution >= 0.6 is 0 Å². The fourth-order valence-corrected chi connectivity index (χ4v) is 5.94. The number of aryl methyl sites for hydroxylation is 1. The Labute approximate surface area is 181 Å². The van der Waals surface area contributed by atoms with Gasteiger partial charge in [0.1, 0.15) is 11.5 Å². The molecular formula is C27H36O3. The van der Waals surface area contributed by atoms with E-state index in [1.165, 1.54) is 31.2 Å². The fraction of sp³-hybridized carbons (Fsp3) is 0.556. The minimum atomic E-state index is -0.673. The van der Waals surface area contributed by atoms with E-state index < -0.39 is 5.60 Å². The Morgan fingerprint density at radius 3 is 1.90 bits per heavy atom. The molecule has 0 saturated heterocycles. The molecule has 2 aromatic rings. The van der Waals surface area contributed by atoms with E-state index in [4.69, 9.17) is 9.47 Å². The number of benzene rings is 2. The zero-order valence-corrected chi connectivity index (χ0v) is 18.7. The first-order chi connectivity index (χ1) is 14.5. The molecule has 0 radical (unpaired) electrons. The molecule has 2 aliphatic rings. The van der Waals surface area contributed by atoms with Crippen LogP contribution in [0.2, 0.25) is 0 Å². The summed E-state index contributed by atoms with van der Waals surface area (Å²) in [7, 11) is 3.42. The highest BCUT2D eigenvalue weighted by molar-refractivity contribution is 5.38. The monoisotopic (exact) mass is 408 g/mol. The Morgan fingerprint density at radius 2 is 1.33 bits per heavy atom. The normalized spacial score (nSPS) is 29.4. The average molecular weight is 409 g/mol. The molecule has 0 bridgehead atoms. The Bertz CT molecular complexity index is 826. The van der Waals surface area contributed by atoms with Crippen molar-refractivity contribution in [2.24, 2.45) is 11.8 Å². The van der Waals surface area contributed by atoms with Gasteiger partial charge in [0.2, 0.25) is 0 Å². The fourth-order valence-electron chi connectivity index (χ4n) is 5.94. The third-order valence-corrected chi connectivity index (χ3v) is 7.82. The molecule has 3 heteroatoms. The second kappa shape index (κ2) is 9.01. The van der Waals surface area contributed by atoms with E-state index in [-0.39, 0.29) is 0 Å². The summed E-state index contributed by atoms with van der Waals surface area (Å²) in [4.78, 5) is 0. The number of ether oxygens (including phenoxy) is 2. The van der Waals surface area contributed by atoms with Crippen molar-refractivity contribution in [2.45, 2.75) is 69.8 Å². The highest BCUT2D eigenvalue weighted by Gasteiger charge is 2.39. The van der Waals surface area contributed by atoms with E-state index in [1.807, 2.05) is 12.1 Å². The Morgan fingerprint density at radius 1 is 0.767 bits per heavy atom. The summed E-state index contributed by atoms with van der Waals surface area (Å²) in [6.07, 6.45) is 9.25. The minimum Gasteiger partial charge on any atom is -0.497 e. The molecule has 0 unspecified atom stereocenters. The van der Waals surface area contributed by atoms with E-state index in [1.54, 1.807) is 14.2 Å². The summed E-state index contributed by atoms with van der Waals surface area (Å²) in [5.41, 5.74) is 3.01. The van der Waals surface area contributed by atoms with Crippen LogP contribution in [0.4, 0.5) is 0 Å². The minimum absolute atomic E-state index is 0.673. The largest absolute Gasteiger partial charge is 0.497 e. The summed E-state index contributed by atoms with van der Waals surface area (Å²) in [6, 6.07) is 14.7. The second-order valence-corrected chi connectivity index (χ2v) is 9.43. The third kappa shape index (κ3) is 4.37. The van der Waals surface area contributed by atoms with Crippen LogP contribution in [0.15, 0.2) is 42.5 Å². The Hall–Kier alpha value is -2.00. The van der Waals surface area contributed by atoms with Crippen molar-refractivity contribution in [1.82, 2.24) is 0 Å². The Balaban J connectivity index is 1.32. The molecule has 3 nitrogen and oxygen atoms in total. The van der Waals surface area contributed by atoms with Gasteiger partial charge in [-0.25, -0.2) is 0 Å². The lowest BCUT2D eigenvalue weighted by Gasteiger charge is -2.42. The van der Waals surface area contributed by atoms with Crippen molar-refractivity contribution in [2.75, 3.05) is 14.2 Å². The van der Waals surface area contributed by atoms with Gasteiger partial charge in [-0.3, -0.25) is 0 Å². The van der Waals surface area contributed by atoms with E-state index in [0.29, 0.717) is 5.92 Å². The van der Waals surface area contributed by atoms with Gasteiger partial charge in [0.05, 0.1) is 19.8 Å². The van der Waals surface area contributed by atoms with Crippen molar-refractivity contribution >= 4 is 0 Å².